The number of halogens is 2. The molecule has 0 saturated carbocycles. The lowest BCUT2D eigenvalue weighted by atomic mass is 10.1. The van der Waals surface area contributed by atoms with Crippen LogP contribution in [0.3, 0.4) is 0 Å². The highest BCUT2D eigenvalue weighted by molar-refractivity contribution is 14.0. The molecule has 28 heavy (non-hydrogen) atoms. The van der Waals surface area contributed by atoms with Gasteiger partial charge in [-0.2, -0.15) is 5.10 Å². The second-order valence-electron chi connectivity index (χ2n) is 5.97. The first-order valence-electron chi connectivity index (χ1n) is 8.96. The Morgan fingerprint density at radius 1 is 1.11 bits per heavy atom. The fourth-order valence-corrected chi connectivity index (χ4v) is 2.62. The molecule has 6 nitrogen and oxygen atoms in total. The van der Waals surface area contributed by atoms with Gasteiger partial charge in [0.15, 0.2) is 5.96 Å². The van der Waals surface area contributed by atoms with Crippen molar-refractivity contribution in [2.75, 3.05) is 13.1 Å². The highest BCUT2D eigenvalue weighted by atomic mass is 127. The molecule has 0 fully saturated rings. The van der Waals surface area contributed by atoms with Gasteiger partial charge in [0, 0.05) is 13.1 Å². The van der Waals surface area contributed by atoms with Gasteiger partial charge < -0.3 is 10.6 Å². The van der Waals surface area contributed by atoms with Crippen LogP contribution in [-0.4, -0.2) is 33.8 Å². The second kappa shape index (κ2) is 11.4. The van der Waals surface area contributed by atoms with Crippen LogP contribution in [0.25, 0.3) is 5.69 Å². The molecule has 0 bridgehead atoms. The van der Waals surface area contributed by atoms with E-state index in [0.29, 0.717) is 31.0 Å². The molecule has 2 N–H and O–H groups in total. The van der Waals surface area contributed by atoms with Crippen molar-refractivity contribution < 1.29 is 4.39 Å². The van der Waals surface area contributed by atoms with Gasteiger partial charge in [-0.1, -0.05) is 30.3 Å². The van der Waals surface area contributed by atoms with E-state index >= 15 is 0 Å². The molecular formula is C20H24FIN6. The molecular weight excluding hydrogens is 470 g/mol. The molecule has 3 rings (SSSR count). The van der Waals surface area contributed by atoms with E-state index in [9.17, 15) is 4.39 Å². The SMILES string of the molecule is CCNC(=NCc1ccc(-n2cncn2)cc1)NCCc1ccccc1F.I. The van der Waals surface area contributed by atoms with Crippen molar-refractivity contribution in [3.63, 3.8) is 0 Å². The second-order valence-corrected chi connectivity index (χ2v) is 5.97. The lowest BCUT2D eigenvalue weighted by Crippen LogP contribution is -2.38. The fraction of sp³-hybridized carbons (Fsp3) is 0.250. The van der Waals surface area contributed by atoms with Crippen molar-refractivity contribution >= 4 is 29.9 Å². The first-order chi connectivity index (χ1) is 13.3. The highest BCUT2D eigenvalue weighted by Crippen LogP contribution is 2.09. The molecule has 0 amide bonds. The van der Waals surface area contributed by atoms with Gasteiger partial charge in [0.2, 0.25) is 0 Å². The summed E-state index contributed by atoms with van der Waals surface area (Å²) in [6, 6.07) is 14.8. The normalized spacial score (nSPS) is 11.0. The lowest BCUT2D eigenvalue weighted by molar-refractivity contribution is 0.606. The van der Waals surface area contributed by atoms with E-state index in [4.69, 9.17) is 0 Å². The summed E-state index contributed by atoms with van der Waals surface area (Å²) in [5.41, 5.74) is 2.74. The molecule has 2 aromatic carbocycles. The van der Waals surface area contributed by atoms with Gasteiger partial charge in [0.25, 0.3) is 0 Å². The maximum atomic E-state index is 13.7. The van der Waals surface area contributed by atoms with E-state index in [0.717, 1.165) is 17.8 Å². The number of aromatic nitrogens is 3. The average Bonchev–Trinajstić information content (AvgIpc) is 3.23. The van der Waals surface area contributed by atoms with Crippen LogP contribution in [0.5, 0.6) is 0 Å². The minimum absolute atomic E-state index is 0. The molecule has 0 saturated heterocycles. The van der Waals surface area contributed by atoms with Crippen LogP contribution in [0, 0.1) is 5.82 Å². The van der Waals surface area contributed by atoms with Crippen LogP contribution in [0.4, 0.5) is 4.39 Å². The van der Waals surface area contributed by atoms with Crippen molar-refractivity contribution in [3.05, 3.63) is 78.1 Å². The van der Waals surface area contributed by atoms with Crippen LogP contribution in [0.2, 0.25) is 0 Å². The molecule has 0 spiro atoms. The molecule has 1 aromatic heterocycles. The molecule has 0 aliphatic heterocycles. The predicted octanol–water partition coefficient (Wildman–Crippen LogP) is 3.32. The van der Waals surface area contributed by atoms with E-state index < -0.39 is 0 Å². The number of nitrogens with zero attached hydrogens (tertiary/aromatic N) is 4. The van der Waals surface area contributed by atoms with Crippen molar-refractivity contribution in [2.24, 2.45) is 4.99 Å². The van der Waals surface area contributed by atoms with Crippen molar-refractivity contribution in [1.82, 2.24) is 25.4 Å². The maximum Gasteiger partial charge on any atom is 0.191 e. The first kappa shape index (κ1) is 21.8. The van der Waals surface area contributed by atoms with Gasteiger partial charge in [-0.3, -0.25) is 0 Å². The zero-order valence-electron chi connectivity index (χ0n) is 15.7. The summed E-state index contributed by atoms with van der Waals surface area (Å²) >= 11 is 0. The first-order valence-corrected chi connectivity index (χ1v) is 8.96. The van der Waals surface area contributed by atoms with E-state index in [1.165, 1.54) is 12.4 Å². The zero-order chi connectivity index (χ0) is 18.9. The summed E-state index contributed by atoms with van der Waals surface area (Å²) in [6.07, 6.45) is 3.77. The smallest absolute Gasteiger partial charge is 0.191 e. The Morgan fingerprint density at radius 3 is 2.57 bits per heavy atom. The standard InChI is InChI=1S/C20H23FN6.HI/c1-2-23-20(24-12-11-17-5-3-4-6-19(17)21)25-13-16-7-9-18(10-8-16)27-15-22-14-26-27;/h3-10,14-15H,2,11-13H2,1H3,(H2,23,24,25);1H. The number of guanidine groups is 1. The van der Waals surface area contributed by atoms with E-state index in [-0.39, 0.29) is 29.8 Å². The van der Waals surface area contributed by atoms with E-state index in [1.54, 1.807) is 23.1 Å². The Labute approximate surface area is 181 Å². The van der Waals surface area contributed by atoms with Gasteiger partial charge in [-0.15, -0.1) is 24.0 Å². The molecule has 8 heteroatoms. The van der Waals surface area contributed by atoms with Crippen molar-refractivity contribution in [3.8, 4) is 5.69 Å². The van der Waals surface area contributed by atoms with Gasteiger partial charge in [0.05, 0.1) is 12.2 Å². The number of hydrogen-bond donors (Lipinski definition) is 2. The zero-order valence-corrected chi connectivity index (χ0v) is 18.0. The summed E-state index contributed by atoms with van der Waals surface area (Å²) in [7, 11) is 0. The van der Waals surface area contributed by atoms with Crippen molar-refractivity contribution in [1.29, 1.82) is 0 Å². The Bertz CT molecular complexity index is 865. The molecule has 0 unspecified atom stereocenters. The largest absolute Gasteiger partial charge is 0.357 e. The van der Waals surface area contributed by atoms with E-state index in [1.807, 2.05) is 37.3 Å². The minimum atomic E-state index is -0.172. The summed E-state index contributed by atoms with van der Waals surface area (Å²) in [5, 5.41) is 10.6. The molecule has 1 heterocycles. The summed E-state index contributed by atoms with van der Waals surface area (Å²) in [6.45, 7) is 3.93. The van der Waals surface area contributed by atoms with Crippen LogP contribution in [-0.2, 0) is 13.0 Å². The highest BCUT2D eigenvalue weighted by Gasteiger charge is 2.02. The molecule has 148 valence electrons. The predicted molar refractivity (Wildman–Crippen MR) is 120 cm³/mol. The molecule has 0 radical (unpaired) electrons. The number of nitrogens with one attached hydrogen (secondary N) is 2. The monoisotopic (exact) mass is 494 g/mol. The molecule has 3 aromatic rings. The Balaban J connectivity index is 0.00000280. The third-order valence-electron chi connectivity index (χ3n) is 4.03. The van der Waals surface area contributed by atoms with Crippen LogP contribution >= 0.6 is 24.0 Å². The summed E-state index contributed by atoms with van der Waals surface area (Å²) in [4.78, 5) is 8.54. The van der Waals surface area contributed by atoms with Gasteiger partial charge >= 0.3 is 0 Å². The van der Waals surface area contributed by atoms with Crippen LogP contribution in [0.1, 0.15) is 18.1 Å². The molecule has 0 aliphatic carbocycles. The molecule has 0 aliphatic rings. The quantitative estimate of drug-likeness (QED) is 0.301. The Morgan fingerprint density at radius 2 is 1.89 bits per heavy atom. The number of benzene rings is 2. The fourth-order valence-electron chi connectivity index (χ4n) is 2.62. The minimum Gasteiger partial charge on any atom is -0.357 e. The third kappa shape index (κ3) is 6.29. The summed E-state index contributed by atoms with van der Waals surface area (Å²) in [5.74, 6) is 0.544. The molecule has 0 atom stereocenters. The number of rotatable bonds is 7. The Kier molecular flexibility index (Phi) is 8.86. The number of aliphatic imine (C=N–C) groups is 1. The summed E-state index contributed by atoms with van der Waals surface area (Å²) < 4.78 is 15.4. The maximum absolute atomic E-state index is 13.7. The van der Waals surface area contributed by atoms with Gasteiger partial charge in [-0.25, -0.2) is 19.0 Å². The van der Waals surface area contributed by atoms with Gasteiger partial charge in [-0.05, 0) is 42.7 Å². The van der Waals surface area contributed by atoms with Gasteiger partial charge in [0.1, 0.15) is 18.5 Å². The third-order valence-corrected chi connectivity index (χ3v) is 4.03. The Hall–Kier alpha value is -2.49. The van der Waals surface area contributed by atoms with Crippen LogP contribution in [0.15, 0.2) is 66.2 Å². The lowest BCUT2D eigenvalue weighted by Gasteiger charge is -2.11. The number of hydrogen-bond acceptors (Lipinski definition) is 3. The topological polar surface area (TPSA) is 67.1 Å². The average molecular weight is 494 g/mol. The van der Waals surface area contributed by atoms with Crippen LogP contribution < -0.4 is 10.6 Å². The van der Waals surface area contributed by atoms with Crippen molar-refractivity contribution in [2.45, 2.75) is 19.9 Å². The van der Waals surface area contributed by atoms with E-state index in [2.05, 4.69) is 25.7 Å².